The van der Waals surface area contributed by atoms with Gasteiger partial charge in [0.1, 0.15) is 11.5 Å². The van der Waals surface area contributed by atoms with E-state index in [-0.39, 0.29) is 23.1 Å². The topological polar surface area (TPSA) is 140 Å². The maximum absolute atomic E-state index is 11.9. The molecule has 0 radical (unpaired) electrons. The molecule has 0 unspecified atom stereocenters. The number of nitrogens with one attached hydrogen (secondary N) is 3. The van der Waals surface area contributed by atoms with Crippen LogP contribution in [0.25, 0.3) is 0 Å². The van der Waals surface area contributed by atoms with E-state index in [2.05, 4.69) is 21.2 Å². The number of nitrogens with zero attached hydrogens (tertiary/aromatic N) is 1. The molecule has 3 amide bonds. The minimum atomic E-state index is -1.00. The number of carbonyl (C=O) groups excluding carboxylic acids is 3. The highest BCUT2D eigenvalue weighted by Crippen LogP contribution is 2.22. The fourth-order valence-corrected chi connectivity index (χ4v) is 2.10. The summed E-state index contributed by atoms with van der Waals surface area (Å²) in [5.74, 6) is -2.49. The molecule has 0 aromatic heterocycles. The molecule has 0 atom stereocenters. The van der Waals surface area contributed by atoms with E-state index in [1.807, 2.05) is 0 Å². The van der Waals surface area contributed by atoms with E-state index in [0.717, 1.165) is 6.07 Å². The molecule has 0 saturated heterocycles. The summed E-state index contributed by atoms with van der Waals surface area (Å²) < 4.78 is 0. The number of amides is 3. The summed E-state index contributed by atoms with van der Waals surface area (Å²) in [4.78, 5) is 34.7. The molecule has 2 aromatic carbocycles. The number of benzene rings is 2. The Morgan fingerprint density at radius 1 is 0.852 bits per heavy atom. The fraction of sp³-hybridized carbons (Fsp3) is 0.111. The number of hydrogen-bond acceptors (Lipinski definition) is 6. The van der Waals surface area contributed by atoms with Crippen LogP contribution in [-0.2, 0) is 14.4 Å². The summed E-state index contributed by atoms with van der Waals surface area (Å²) in [6.07, 6.45) is 0. The number of rotatable bonds is 4. The van der Waals surface area contributed by atoms with Gasteiger partial charge in [-0.25, -0.2) is 5.43 Å². The highest BCUT2D eigenvalue weighted by molar-refractivity contribution is 6.39. The lowest BCUT2D eigenvalue weighted by atomic mass is 10.1. The van der Waals surface area contributed by atoms with E-state index in [1.165, 1.54) is 38.1 Å². The summed E-state index contributed by atoms with van der Waals surface area (Å²) in [6, 6.07) is 10.1. The van der Waals surface area contributed by atoms with Crippen LogP contribution in [0.5, 0.6) is 11.5 Å². The van der Waals surface area contributed by atoms with Gasteiger partial charge in [-0.05, 0) is 43.3 Å². The maximum Gasteiger partial charge on any atom is 0.329 e. The van der Waals surface area contributed by atoms with Gasteiger partial charge in [0, 0.05) is 29.9 Å². The summed E-state index contributed by atoms with van der Waals surface area (Å²) in [5, 5.41) is 27.7. The minimum absolute atomic E-state index is 0.114. The van der Waals surface area contributed by atoms with Crippen molar-refractivity contribution in [2.75, 3.05) is 10.6 Å². The van der Waals surface area contributed by atoms with Crippen molar-refractivity contribution in [1.82, 2.24) is 5.43 Å². The summed E-state index contributed by atoms with van der Waals surface area (Å²) in [6.45, 7) is 2.89. The Morgan fingerprint density at radius 2 is 1.44 bits per heavy atom. The summed E-state index contributed by atoms with van der Waals surface area (Å²) in [7, 11) is 0. The second kappa shape index (κ2) is 8.48. The third kappa shape index (κ3) is 5.56. The molecule has 0 aliphatic rings. The van der Waals surface area contributed by atoms with Gasteiger partial charge < -0.3 is 20.8 Å². The number of phenols is 2. The SMILES string of the molecule is CC(=O)Nc1ccc(NC(=O)C(=O)N/N=C(\C)c2ccc(O)cc2O)cc1. The first-order valence-electron chi connectivity index (χ1n) is 7.82. The Balaban J connectivity index is 1.97. The third-order valence-corrected chi connectivity index (χ3v) is 3.37. The van der Waals surface area contributed by atoms with E-state index in [4.69, 9.17) is 0 Å². The quantitative estimate of drug-likeness (QED) is 0.315. The second-order valence-corrected chi connectivity index (χ2v) is 5.55. The van der Waals surface area contributed by atoms with E-state index in [9.17, 15) is 24.6 Å². The zero-order valence-corrected chi connectivity index (χ0v) is 14.6. The first-order valence-corrected chi connectivity index (χ1v) is 7.82. The Kier molecular flexibility index (Phi) is 6.10. The standard InChI is InChI=1S/C18H18N4O5/c1-10(15-8-7-14(24)9-16(15)25)21-22-18(27)17(26)20-13-5-3-12(4-6-13)19-11(2)23/h3-9,24-25H,1-2H3,(H,19,23)(H,20,26)(H,22,27)/b21-10+. The van der Waals surface area contributed by atoms with Crippen LogP contribution in [0, 0.1) is 0 Å². The molecule has 0 heterocycles. The first kappa shape index (κ1) is 19.4. The van der Waals surface area contributed by atoms with Crippen molar-refractivity contribution < 1.29 is 24.6 Å². The fourth-order valence-electron chi connectivity index (χ4n) is 2.10. The predicted molar refractivity (Wildman–Crippen MR) is 99.5 cm³/mol. The average Bonchev–Trinajstić information content (AvgIpc) is 2.60. The smallest absolute Gasteiger partial charge is 0.329 e. The summed E-state index contributed by atoms with van der Waals surface area (Å²) in [5.41, 5.74) is 3.54. The first-order chi connectivity index (χ1) is 12.8. The molecule has 140 valence electrons. The molecule has 0 aliphatic carbocycles. The van der Waals surface area contributed by atoms with Crippen LogP contribution in [0.1, 0.15) is 19.4 Å². The van der Waals surface area contributed by atoms with Gasteiger partial charge in [-0.2, -0.15) is 5.10 Å². The maximum atomic E-state index is 11.9. The van der Waals surface area contributed by atoms with Crippen molar-refractivity contribution in [3.05, 3.63) is 48.0 Å². The lowest BCUT2D eigenvalue weighted by Crippen LogP contribution is -2.32. The lowest BCUT2D eigenvalue weighted by Gasteiger charge is -2.07. The van der Waals surface area contributed by atoms with Crippen LogP contribution in [0.4, 0.5) is 11.4 Å². The van der Waals surface area contributed by atoms with Crippen LogP contribution in [0.15, 0.2) is 47.6 Å². The van der Waals surface area contributed by atoms with Crippen molar-refractivity contribution in [2.24, 2.45) is 5.10 Å². The molecular weight excluding hydrogens is 352 g/mol. The van der Waals surface area contributed by atoms with Gasteiger partial charge in [0.2, 0.25) is 5.91 Å². The zero-order chi connectivity index (χ0) is 20.0. The molecule has 0 spiro atoms. The van der Waals surface area contributed by atoms with Crippen LogP contribution in [-0.4, -0.2) is 33.6 Å². The molecule has 9 nitrogen and oxygen atoms in total. The minimum Gasteiger partial charge on any atom is -0.508 e. The van der Waals surface area contributed by atoms with Gasteiger partial charge in [0.25, 0.3) is 0 Å². The van der Waals surface area contributed by atoms with Crippen LogP contribution in [0.2, 0.25) is 0 Å². The molecule has 2 aromatic rings. The molecule has 2 rings (SSSR count). The number of hydrazone groups is 1. The molecular formula is C18H18N4O5. The highest BCUT2D eigenvalue weighted by atomic mass is 16.3. The normalized spacial score (nSPS) is 10.8. The average molecular weight is 370 g/mol. The number of hydrogen-bond donors (Lipinski definition) is 5. The molecule has 0 bridgehead atoms. The van der Waals surface area contributed by atoms with Gasteiger partial charge >= 0.3 is 11.8 Å². The number of aromatic hydroxyl groups is 2. The van der Waals surface area contributed by atoms with Gasteiger partial charge in [0.05, 0.1) is 5.71 Å². The zero-order valence-electron chi connectivity index (χ0n) is 14.6. The van der Waals surface area contributed by atoms with Crippen LogP contribution >= 0.6 is 0 Å². The lowest BCUT2D eigenvalue weighted by molar-refractivity contribution is -0.136. The Labute approximate surface area is 154 Å². The van der Waals surface area contributed by atoms with E-state index in [1.54, 1.807) is 12.1 Å². The van der Waals surface area contributed by atoms with Gasteiger partial charge in [-0.3, -0.25) is 14.4 Å². The van der Waals surface area contributed by atoms with E-state index in [0.29, 0.717) is 16.9 Å². The number of carbonyl (C=O) groups is 3. The molecule has 9 heteroatoms. The molecule has 0 fully saturated rings. The molecule has 0 saturated carbocycles. The predicted octanol–water partition coefficient (Wildman–Crippen LogP) is 1.54. The van der Waals surface area contributed by atoms with E-state index < -0.39 is 11.8 Å². The highest BCUT2D eigenvalue weighted by Gasteiger charge is 2.14. The third-order valence-electron chi connectivity index (χ3n) is 3.37. The van der Waals surface area contributed by atoms with Gasteiger partial charge in [-0.15, -0.1) is 0 Å². The van der Waals surface area contributed by atoms with Crippen molar-refractivity contribution in [3.8, 4) is 11.5 Å². The van der Waals surface area contributed by atoms with Crippen LogP contribution in [0.3, 0.4) is 0 Å². The Bertz CT molecular complexity index is 906. The molecule has 5 N–H and O–H groups in total. The van der Waals surface area contributed by atoms with Crippen molar-refractivity contribution in [3.63, 3.8) is 0 Å². The second-order valence-electron chi connectivity index (χ2n) is 5.55. The number of anilines is 2. The van der Waals surface area contributed by atoms with E-state index >= 15 is 0 Å². The van der Waals surface area contributed by atoms with Gasteiger partial charge in [0.15, 0.2) is 0 Å². The largest absolute Gasteiger partial charge is 0.508 e. The Hall–Kier alpha value is -3.88. The summed E-state index contributed by atoms with van der Waals surface area (Å²) >= 11 is 0. The van der Waals surface area contributed by atoms with Crippen molar-refractivity contribution in [2.45, 2.75) is 13.8 Å². The van der Waals surface area contributed by atoms with Crippen molar-refractivity contribution in [1.29, 1.82) is 0 Å². The molecule has 0 aliphatic heterocycles. The Morgan fingerprint density at radius 3 is 2.00 bits per heavy atom. The van der Waals surface area contributed by atoms with Crippen LogP contribution < -0.4 is 16.1 Å². The number of phenolic OH excluding ortho intramolecular Hbond substituents is 2. The van der Waals surface area contributed by atoms with Crippen molar-refractivity contribution >= 4 is 34.8 Å². The monoisotopic (exact) mass is 370 g/mol. The van der Waals surface area contributed by atoms with Gasteiger partial charge in [-0.1, -0.05) is 0 Å². The molecule has 27 heavy (non-hydrogen) atoms.